The van der Waals surface area contributed by atoms with Crippen molar-refractivity contribution < 1.29 is 4.79 Å². The molecule has 1 aliphatic rings. The summed E-state index contributed by atoms with van der Waals surface area (Å²) in [5.41, 5.74) is 3.08. The van der Waals surface area contributed by atoms with Gasteiger partial charge in [-0.3, -0.25) is 9.69 Å². The van der Waals surface area contributed by atoms with Crippen LogP contribution in [0, 0.1) is 6.92 Å². The second kappa shape index (κ2) is 7.68. The van der Waals surface area contributed by atoms with Crippen molar-refractivity contribution in [1.29, 1.82) is 0 Å². The highest BCUT2D eigenvalue weighted by molar-refractivity contribution is 7.09. The number of piperazine rings is 1. The number of thiazole rings is 1. The van der Waals surface area contributed by atoms with Crippen molar-refractivity contribution in [3.05, 3.63) is 45.9 Å². The second-order valence-corrected chi connectivity index (χ2v) is 6.79. The number of aryl methyl sites for hydroxylation is 1. The summed E-state index contributed by atoms with van der Waals surface area (Å²) in [6.07, 6.45) is 0.333. The first-order valence-corrected chi connectivity index (χ1v) is 8.80. The van der Waals surface area contributed by atoms with E-state index in [0.717, 1.165) is 49.1 Å². The van der Waals surface area contributed by atoms with Crippen LogP contribution in [0.2, 0.25) is 0 Å². The number of benzene rings is 1. The number of anilines is 1. The van der Waals surface area contributed by atoms with Gasteiger partial charge in [-0.2, -0.15) is 0 Å². The Hall–Kier alpha value is -1.76. The van der Waals surface area contributed by atoms with Crippen molar-refractivity contribution in [3.8, 4) is 0 Å². The average molecular weight is 330 g/mol. The topological polar surface area (TPSA) is 57.3 Å². The van der Waals surface area contributed by atoms with Crippen LogP contribution in [-0.4, -0.2) is 42.0 Å². The zero-order valence-corrected chi connectivity index (χ0v) is 14.2. The van der Waals surface area contributed by atoms with Crippen molar-refractivity contribution in [2.45, 2.75) is 19.9 Å². The van der Waals surface area contributed by atoms with Crippen molar-refractivity contribution in [3.63, 3.8) is 0 Å². The third-order valence-corrected chi connectivity index (χ3v) is 4.74. The molecule has 6 heteroatoms. The van der Waals surface area contributed by atoms with Gasteiger partial charge in [0, 0.05) is 43.8 Å². The van der Waals surface area contributed by atoms with Crippen LogP contribution in [0.25, 0.3) is 0 Å². The van der Waals surface area contributed by atoms with E-state index in [0.29, 0.717) is 6.42 Å². The number of aromatic nitrogens is 1. The Kier molecular flexibility index (Phi) is 5.38. The Balaban J connectivity index is 1.51. The lowest BCUT2D eigenvalue weighted by molar-refractivity contribution is -0.115. The highest BCUT2D eigenvalue weighted by atomic mass is 32.1. The molecule has 0 saturated carbocycles. The van der Waals surface area contributed by atoms with Gasteiger partial charge < -0.3 is 10.6 Å². The molecule has 1 saturated heterocycles. The molecule has 1 aliphatic heterocycles. The first kappa shape index (κ1) is 16.1. The summed E-state index contributed by atoms with van der Waals surface area (Å²) in [4.78, 5) is 19.1. The molecular formula is C17H22N4OS. The Morgan fingerprint density at radius 2 is 2.04 bits per heavy atom. The number of carbonyl (C=O) groups excluding carboxylic acids is 1. The van der Waals surface area contributed by atoms with Gasteiger partial charge in [-0.15, -0.1) is 11.3 Å². The van der Waals surface area contributed by atoms with Gasteiger partial charge in [0.1, 0.15) is 5.01 Å². The maximum absolute atomic E-state index is 12.1. The van der Waals surface area contributed by atoms with Gasteiger partial charge >= 0.3 is 0 Å². The molecule has 5 nitrogen and oxygen atoms in total. The van der Waals surface area contributed by atoms with E-state index in [1.165, 1.54) is 5.56 Å². The van der Waals surface area contributed by atoms with E-state index in [1.807, 2.05) is 31.2 Å². The van der Waals surface area contributed by atoms with E-state index in [9.17, 15) is 4.79 Å². The summed E-state index contributed by atoms with van der Waals surface area (Å²) in [5.74, 6) is -0.0167. The first-order valence-electron chi connectivity index (χ1n) is 7.92. The molecule has 0 atom stereocenters. The van der Waals surface area contributed by atoms with Gasteiger partial charge in [0.05, 0.1) is 12.1 Å². The molecule has 1 aromatic heterocycles. The van der Waals surface area contributed by atoms with Gasteiger partial charge in [-0.05, 0) is 19.1 Å². The van der Waals surface area contributed by atoms with Crippen LogP contribution in [0.3, 0.4) is 0 Å². The Morgan fingerprint density at radius 1 is 1.30 bits per heavy atom. The van der Waals surface area contributed by atoms with E-state index in [-0.39, 0.29) is 5.91 Å². The molecule has 23 heavy (non-hydrogen) atoms. The van der Waals surface area contributed by atoms with Crippen LogP contribution >= 0.6 is 11.3 Å². The number of carbonyl (C=O) groups is 1. The number of nitrogens with one attached hydrogen (secondary N) is 2. The molecule has 0 bridgehead atoms. The van der Waals surface area contributed by atoms with E-state index >= 15 is 0 Å². The van der Waals surface area contributed by atoms with Crippen LogP contribution in [0.1, 0.15) is 16.3 Å². The van der Waals surface area contributed by atoms with E-state index in [2.05, 4.69) is 25.9 Å². The molecule has 1 amide bonds. The minimum atomic E-state index is -0.0167. The summed E-state index contributed by atoms with van der Waals surface area (Å²) < 4.78 is 0. The average Bonchev–Trinajstić information content (AvgIpc) is 2.97. The summed E-state index contributed by atoms with van der Waals surface area (Å²) >= 11 is 1.57. The lowest BCUT2D eigenvalue weighted by Gasteiger charge is -2.26. The molecule has 3 rings (SSSR count). The fourth-order valence-electron chi connectivity index (χ4n) is 2.58. The Bertz CT molecular complexity index is 647. The van der Waals surface area contributed by atoms with Gasteiger partial charge in [0.2, 0.25) is 5.91 Å². The number of amides is 1. The predicted molar refractivity (Wildman–Crippen MR) is 93.8 cm³/mol. The van der Waals surface area contributed by atoms with Crippen LogP contribution in [0.15, 0.2) is 29.6 Å². The summed E-state index contributed by atoms with van der Waals surface area (Å²) in [5, 5.41) is 9.20. The fourth-order valence-corrected chi connectivity index (χ4v) is 3.36. The summed E-state index contributed by atoms with van der Waals surface area (Å²) in [6, 6.07) is 7.82. The van der Waals surface area contributed by atoms with Crippen molar-refractivity contribution in [2.24, 2.45) is 0 Å². The van der Waals surface area contributed by atoms with Crippen molar-refractivity contribution in [2.75, 3.05) is 31.5 Å². The van der Waals surface area contributed by atoms with E-state index in [1.54, 1.807) is 11.3 Å². The first-order chi connectivity index (χ1) is 11.2. The normalized spacial score (nSPS) is 15.5. The number of rotatable bonds is 5. The smallest absolute Gasteiger partial charge is 0.231 e. The lowest BCUT2D eigenvalue weighted by atomic mass is 10.2. The minimum absolute atomic E-state index is 0.0167. The number of nitrogens with zero attached hydrogens (tertiary/aromatic N) is 2. The molecule has 0 radical (unpaired) electrons. The Labute approximate surface area is 140 Å². The zero-order chi connectivity index (χ0) is 16.1. The van der Waals surface area contributed by atoms with Gasteiger partial charge in [-0.1, -0.05) is 17.7 Å². The Morgan fingerprint density at radius 3 is 2.78 bits per heavy atom. The highest BCUT2D eigenvalue weighted by Gasteiger charge is 2.13. The van der Waals surface area contributed by atoms with Crippen molar-refractivity contribution >= 4 is 22.9 Å². The van der Waals surface area contributed by atoms with Gasteiger partial charge in [0.25, 0.3) is 0 Å². The molecule has 0 aliphatic carbocycles. The molecule has 1 aromatic carbocycles. The standard InChI is InChI=1S/C17H22N4OS/c1-13-2-4-14(5-3-13)19-16(22)10-17-20-15(12-23-17)11-21-8-6-18-7-9-21/h2-5,12,18H,6-11H2,1H3,(H,19,22). The molecule has 2 heterocycles. The molecule has 0 spiro atoms. The molecule has 0 unspecified atom stereocenters. The summed E-state index contributed by atoms with van der Waals surface area (Å²) in [6.45, 7) is 7.09. The van der Waals surface area contributed by atoms with E-state index in [4.69, 9.17) is 0 Å². The lowest BCUT2D eigenvalue weighted by Crippen LogP contribution is -2.42. The minimum Gasteiger partial charge on any atom is -0.326 e. The maximum atomic E-state index is 12.1. The second-order valence-electron chi connectivity index (χ2n) is 5.85. The fraction of sp³-hybridized carbons (Fsp3) is 0.412. The maximum Gasteiger partial charge on any atom is 0.231 e. The summed E-state index contributed by atoms with van der Waals surface area (Å²) in [7, 11) is 0. The SMILES string of the molecule is Cc1ccc(NC(=O)Cc2nc(CN3CCNCC3)cs2)cc1. The largest absolute Gasteiger partial charge is 0.326 e. The molecule has 122 valence electrons. The van der Waals surface area contributed by atoms with E-state index < -0.39 is 0 Å². The number of hydrogen-bond acceptors (Lipinski definition) is 5. The predicted octanol–water partition coefficient (Wildman–Crippen LogP) is 2.04. The molecule has 1 fully saturated rings. The molecule has 2 aromatic rings. The molecule has 2 N–H and O–H groups in total. The van der Waals surface area contributed by atoms with Crippen LogP contribution in [0.4, 0.5) is 5.69 Å². The third kappa shape index (κ3) is 4.86. The zero-order valence-electron chi connectivity index (χ0n) is 13.3. The van der Waals surface area contributed by atoms with Crippen LogP contribution < -0.4 is 10.6 Å². The number of hydrogen-bond donors (Lipinski definition) is 2. The third-order valence-electron chi connectivity index (χ3n) is 3.84. The van der Waals surface area contributed by atoms with Crippen LogP contribution in [0.5, 0.6) is 0 Å². The van der Waals surface area contributed by atoms with Crippen molar-refractivity contribution in [1.82, 2.24) is 15.2 Å². The monoisotopic (exact) mass is 330 g/mol. The quantitative estimate of drug-likeness (QED) is 0.881. The highest BCUT2D eigenvalue weighted by Crippen LogP contribution is 2.14. The van der Waals surface area contributed by atoms with Gasteiger partial charge in [0.15, 0.2) is 0 Å². The molecular weight excluding hydrogens is 308 g/mol. The van der Waals surface area contributed by atoms with Crippen LogP contribution in [-0.2, 0) is 17.8 Å². The van der Waals surface area contributed by atoms with Gasteiger partial charge in [-0.25, -0.2) is 4.98 Å².